The number of nitrogens with two attached hydrogens (primary N) is 1. The van der Waals surface area contributed by atoms with Crippen molar-refractivity contribution in [2.75, 3.05) is 12.4 Å². The smallest absolute Gasteiger partial charge is 0.307 e. The monoisotopic (exact) mass is 324 g/mol. The van der Waals surface area contributed by atoms with Crippen LogP contribution in [0.1, 0.15) is 19.3 Å². The maximum Gasteiger partial charge on any atom is 0.307 e. The number of ether oxygens (including phenoxy) is 1. The molecule has 0 bridgehead atoms. The molecule has 21 heavy (non-hydrogen) atoms. The molecule has 1 rings (SSSR count). The molecule has 0 heterocycles. The van der Waals surface area contributed by atoms with Gasteiger partial charge < -0.3 is 4.74 Å². The first-order chi connectivity index (χ1) is 9.70. The van der Waals surface area contributed by atoms with Gasteiger partial charge in [-0.3, -0.25) is 10.1 Å². The topological polar surface area (TPSA) is 113 Å². The normalized spacial score (nSPS) is 11.4. The van der Waals surface area contributed by atoms with Crippen molar-refractivity contribution in [2.45, 2.75) is 19.3 Å². The Hall–Kier alpha value is -1.81. The Morgan fingerprint density at radius 1 is 1.19 bits per heavy atom. The zero-order valence-corrected chi connectivity index (χ0v) is 11.7. The van der Waals surface area contributed by atoms with Gasteiger partial charge >= 0.3 is 5.69 Å². The molecule has 0 aliphatic heterocycles. The van der Waals surface area contributed by atoms with E-state index in [0.717, 1.165) is 0 Å². The van der Waals surface area contributed by atoms with Gasteiger partial charge in [0.05, 0.1) is 23.3 Å². The summed E-state index contributed by atoms with van der Waals surface area (Å²) in [5.41, 5.74) is -0.965. The van der Waals surface area contributed by atoms with Crippen LogP contribution >= 0.6 is 0 Å². The third-order valence-electron chi connectivity index (χ3n) is 2.53. The Balaban J connectivity index is 2.46. The van der Waals surface area contributed by atoms with Crippen molar-refractivity contribution in [2.24, 2.45) is 5.14 Å². The van der Waals surface area contributed by atoms with E-state index in [2.05, 4.69) is 0 Å². The summed E-state index contributed by atoms with van der Waals surface area (Å²) < 4.78 is 53.0. The highest BCUT2D eigenvalue weighted by molar-refractivity contribution is 7.89. The van der Waals surface area contributed by atoms with Crippen molar-refractivity contribution >= 4 is 15.7 Å². The number of sulfonamides is 1. The maximum absolute atomic E-state index is 13.4. The number of halogens is 2. The third kappa shape index (κ3) is 6.00. The lowest BCUT2D eigenvalue weighted by atomic mass is 10.2. The van der Waals surface area contributed by atoms with Gasteiger partial charge in [-0.05, 0) is 19.3 Å². The van der Waals surface area contributed by atoms with Crippen LogP contribution in [-0.4, -0.2) is 25.7 Å². The molecule has 0 unspecified atom stereocenters. The van der Waals surface area contributed by atoms with Crippen LogP contribution in [0.3, 0.4) is 0 Å². The van der Waals surface area contributed by atoms with Crippen LogP contribution in [0.15, 0.2) is 12.1 Å². The van der Waals surface area contributed by atoms with Crippen LogP contribution in [0.25, 0.3) is 0 Å². The van der Waals surface area contributed by atoms with Gasteiger partial charge in [0.1, 0.15) is 0 Å². The Morgan fingerprint density at radius 2 is 1.86 bits per heavy atom. The predicted octanol–water partition coefficient (Wildman–Crippen LogP) is 1.71. The second kappa shape index (κ2) is 7.27. The molecule has 1 aromatic rings. The number of benzene rings is 1. The van der Waals surface area contributed by atoms with Gasteiger partial charge in [0.2, 0.25) is 15.8 Å². The molecule has 2 N–H and O–H groups in total. The molecule has 0 atom stereocenters. The van der Waals surface area contributed by atoms with E-state index >= 15 is 0 Å². The van der Waals surface area contributed by atoms with Crippen molar-refractivity contribution in [1.82, 2.24) is 0 Å². The molecule has 118 valence electrons. The first-order valence-electron chi connectivity index (χ1n) is 5.97. The van der Waals surface area contributed by atoms with Gasteiger partial charge in [0.15, 0.2) is 11.6 Å². The minimum Gasteiger partial charge on any atom is -0.490 e. The summed E-state index contributed by atoms with van der Waals surface area (Å²) in [5, 5.41) is 15.2. The molecule has 0 radical (unpaired) electrons. The van der Waals surface area contributed by atoms with Crippen LogP contribution in [-0.2, 0) is 10.0 Å². The third-order valence-corrected chi connectivity index (χ3v) is 3.39. The van der Waals surface area contributed by atoms with Crippen LogP contribution in [0.5, 0.6) is 5.75 Å². The fraction of sp³-hybridized carbons (Fsp3) is 0.455. The summed E-state index contributed by atoms with van der Waals surface area (Å²) in [5.74, 6) is -2.81. The molecule has 0 fully saturated rings. The number of primary sulfonamides is 1. The zero-order chi connectivity index (χ0) is 16.0. The number of hydrogen-bond acceptors (Lipinski definition) is 5. The van der Waals surface area contributed by atoms with E-state index in [1.807, 2.05) is 0 Å². The number of rotatable bonds is 8. The quantitative estimate of drug-likeness (QED) is 0.444. The summed E-state index contributed by atoms with van der Waals surface area (Å²) in [6.07, 6.45) is 1.22. The Labute approximate surface area is 119 Å². The Bertz CT molecular complexity index is 621. The van der Waals surface area contributed by atoms with E-state index in [1.165, 1.54) is 0 Å². The molecule has 0 spiro atoms. The summed E-state index contributed by atoms with van der Waals surface area (Å²) in [6.45, 7) is 0.0266. The van der Waals surface area contributed by atoms with Crippen LogP contribution in [0.4, 0.5) is 14.5 Å². The van der Waals surface area contributed by atoms with E-state index in [9.17, 15) is 27.3 Å². The number of unbranched alkanes of at least 4 members (excludes halogenated alkanes) is 2. The van der Waals surface area contributed by atoms with Crippen molar-refractivity contribution < 1.29 is 26.9 Å². The van der Waals surface area contributed by atoms with Crippen LogP contribution < -0.4 is 9.88 Å². The maximum atomic E-state index is 13.4. The van der Waals surface area contributed by atoms with Gasteiger partial charge in [0, 0.05) is 6.07 Å². The lowest BCUT2D eigenvalue weighted by molar-refractivity contribution is -0.387. The van der Waals surface area contributed by atoms with Crippen LogP contribution in [0.2, 0.25) is 0 Å². The van der Waals surface area contributed by atoms with E-state index in [-0.39, 0.29) is 12.4 Å². The fourth-order valence-corrected chi connectivity index (χ4v) is 2.14. The van der Waals surface area contributed by atoms with Gasteiger partial charge in [-0.15, -0.1) is 0 Å². The fourth-order valence-electron chi connectivity index (χ4n) is 1.53. The standard InChI is InChI=1S/C11H14F2N2O5S/c12-8-7-11(9(13)6-10(8)15(16)17)20-4-2-1-3-5-21(14,18)19/h6-7H,1-5H2,(H2,14,18,19). The molecular formula is C11H14F2N2O5S. The van der Waals surface area contributed by atoms with E-state index in [1.54, 1.807) is 0 Å². The summed E-state index contributed by atoms with van der Waals surface area (Å²) in [6, 6.07) is 1.06. The zero-order valence-electron chi connectivity index (χ0n) is 10.9. The van der Waals surface area contributed by atoms with E-state index < -0.39 is 38.0 Å². The number of hydrogen-bond donors (Lipinski definition) is 1. The molecule has 0 aromatic heterocycles. The average molecular weight is 324 g/mol. The molecule has 0 aliphatic rings. The Morgan fingerprint density at radius 3 is 2.43 bits per heavy atom. The largest absolute Gasteiger partial charge is 0.490 e. The lowest BCUT2D eigenvalue weighted by Gasteiger charge is -2.07. The van der Waals surface area contributed by atoms with E-state index in [4.69, 9.17) is 9.88 Å². The number of nitro groups is 1. The highest BCUT2D eigenvalue weighted by atomic mass is 32.2. The highest BCUT2D eigenvalue weighted by Crippen LogP contribution is 2.26. The lowest BCUT2D eigenvalue weighted by Crippen LogP contribution is -2.16. The van der Waals surface area contributed by atoms with E-state index in [0.29, 0.717) is 31.4 Å². The highest BCUT2D eigenvalue weighted by Gasteiger charge is 2.19. The molecular weight excluding hydrogens is 310 g/mol. The summed E-state index contributed by atoms with van der Waals surface area (Å²) in [7, 11) is -3.50. The molecule has 1 aromatic carbocycles. The first-order valence-corrected chi connectivity index (χ1v) is 7.69. The predicted molar refractivity (Wildman–Crippen MR) is 70.3 cm³/mol. The molecule has 0 amide bonds. The Kier molecular flexibility index (Phi) is 5.97. The summed E-state index contributed by atoms with van der Waals surface area (Å²) >= 11 is 0. The van der Waals surface area contributed by atoms with Crippen molar-refractivity contribution in [3.63, 3.8) is 0 Å². The number of nitrogens with zero attached hydrogens (tertiary/aromatic N) is 1. The van der Waals surface area contributed by atoms with Gasteiger partial charge in [-0.2, -0.15) is 4.39 Å². The number of nitro benzene ring substituents is 1. The summed E-state index contributed by atoms with van der Waals surface area (Å²) in [4.78, 5) is 9.37. The minimum absolute atomic E-state index is 0.0266. The molecule has 7 nitrogen and oxygen atoms in total. The van der Waals surface area contributed by atoms with Crippen LogP contribution in [0, 0.1) is 21.7 Å². The van der Waals surface area contributed by atoms with Crippen molar-refractivity contribution in [1.29, 1.82) is 0 Å². The first kappa shape index (κ1) is 17.2. The second-order valence-electron chi connectivity index (χ2n) is 4.27. The minimum atomic E-state index is -3.50. The molecule has 0 saturated carbocycles. The van der Waals surface area contributed by atoms with Gasteiger partial charge in [-0.1, -0.05) is 0 Å². The molecule has 10 heteroatoms. The molecule has 0 saturated heterocycles. The van der Waals surface area contributed by atoms with Gasteiger partial charge in [-0.25, -0.2) is 17.9 Å². The van der Waals surface area contributed by atoms with Crippen molar-refractivity contribution in [3.05, 3.63) is 33.9 Å². The second-order valence-corrected chi connectivity index (χ2v) is 6.00. The van der Waals surface area contributed by atoms with Gasteiger partial charge in [0.25, 0.3) is 0 Å². The molecule has 0 aliphatic carbocycles. The average Bonchev–Trinajstić information content (AvgIpc) is 2.35. The SMILES string of the molecule is NS(=O)(=O)CCCCCOc1cc(F)c([N+](=O)[O-])cc1F. The van der Waals surface area contributed by atoms with Crippen molar-refractivity contribution in [3.8, 4) is 5.75 Å².